The second-order valence-corrected chi connectivity index (χ2v) is 5.17. The van der Waals surface area contributed by atoms with Crippen LogP contribution in [0, 0.1) is 6.92 Å². The molecular formula is C16H17N3O. The summed E-state index contributed by atoms with van der Waals surface area (Å²) in [5.74, 6) is -0.165. The molecule has 4 heteroatoms. The van der Waals surface area contributed by atoms with Gasteiger partial charge in [0.1, 0.15) is 5.69 Å². The van der Waals surface area contributed by atoms with Crippen LogP contribution < -0.4 is 11.1 Å². The van der Waals surface area contributed by atoms with Crippen molar-refractivity contribution in [2.75, 3.05) is 0 Å². The molecule has 3 rings (SSSR count). The SMILES string of the molecule is Cc1cccc(C(=O)N[C@@H]2Cc3ccccc3[C@H]2N)n1. The molecule has 1 aromatic heterocycles. The second-order valence-electron chi connectivity index (χ2n) is 5.17. The largest absolute Gasteiger partial charge is 0.346 e. The number of nitrogens with one attached hydrogen (secondary N) is 1. The van der Waals surface area contributed by atoms with Gasteiger partial charge in [0.15, 0.2) is 0 Å². The molecule has 0 fully saturated rings. The van der Waals surface area contributed by atoms with Crippen molar-refractivity contribution in [1.29, 1.82) is 0 Å². The Morgan fingerprint density at radius 1 is 1.25 bits per heavy atom. The zero-order valence-electron chi connectivity index (χ0n) is 11.3. The molecule has 1 amide bonds. The Labute approximate surface area is 118 Å². The molecule has 1 aliphatic carbocycles. The first-order valence-electron chi connectivity index (χ1n) is 6.73. The van der Waals surface area contributed by atoms with Crippen LogP contribution in [0.5, 0.6) is 0 Å². The molecule has 0 radical (unpaired) electrons. The van der Waals surface area contributed by atoms with Gasteiger partial charge in [-0.3, -0.25) is 4.79 Å². The number of nitrogens with zero attached hydrogens (tertiary/aromatic N) is 1. The standard InChI is InChI=1S/C16H17N3O/c1-10-5-4-8-13(18-10)16(20)19-14-9-11-6-2-3-7-12(11)15(14)17/h2-8,14-15H,9,17H2,1H3,(H,19,20)/t14-,15-/m1/s1. The number of fused-ring (bicyclic) bond motifs is 1. The fraction of sp³-hybridized carbons (Fsp3) is 0.250. The number of carbonyl (C=O) groups is 1. The van der Waals surface area contributed by atoms with Crippen LogP contribution in [0.4, 0.5) is 0 Å². The first-order chi connectivity index (χ1) is 9.65. The fourth-order valence-electron chi connectivity index (χ4n) is 2.68. The highest BCUT2D eigenvalue weighted by molar-refractivity contribution is 5.92. The molecule has 0 spiro atoms. The van der Waals surface area contributed by atoms with Crippen molar-refractivity contribution in [2.45, 2.75) is 25.4 Å². The maximum absolute atomic E-state index is 12.2. The normalized spacial score (nSPS) is 20.5. The lowest BCUT2D eigenvalue weighted by Gasteiger charge is -2.17. The van der Waals surface area contributed by atoms with Gasteiger partial charge in [-0.25, -0.2) is 4.98 Å². The average molecular weight is 267 g/mol. The number of hydrogen-bond donors (Lipinski definition) is 2. The summed E-state index contributed by atoms with van der Waals surface area (Å²) in [7, 11) is 0. The molecule has 0 bridgehead atoms. The highest BCUT2D eigenvalue weighted by atomic mass is 16.1. The third kappa shape index (κ3) is 2.30. The van der Waals surface area contributed by atoms with Gasteiger partial charge in [-0.1, -0.05) is 30.3 Å². The van der Waals surface area contributed by atoms with E-state index in [-0.39, 0.29) is 18.0 Å². The predicted octanol–water partition coefficient (Wildman–Crippen LogP) is 1.74. The summed E-state index contributed by atoms with van der Waals surface area (Å²) < 4.78 is 0. The van der Waals surface area contributed by atoms with Gasteiger partial charge < -0.3 is 11.1 Å². The molecule has 2 atom stereocenters. The number of benzene rings is 1. The zero-order valence-corrected chi connectivity index (χ0v) is 11.3. The van der Waals surface area contributed by atoms with Crippen LogP contribution in [0.25, 0.3) is 0 Å². The molecule has 3 N–H and O–H groups in total. The Balaban J connectivity index is 1.75. The number of nitrogens with two attached hydrogens (primary N) is 1. The molecule has 20 heavy (non-hydrogen) atoms. The molecule has 102 valence electrons. The van der Waals surface area contributed by atoms with Crippen molar-refractivity contribution >= 4 is 5.91 Å². The summed E-state index contributed by atoms with van der Waals surface area (Å²) in [5.41, 5.74) is 9.81. The first kappa shape index (κ1) is 12.8. The summed E-state index contributed by atoms with van der Waals surface area (Å²) >= 11 is 0. The molecule has 0 saturated heterocycles. The molecular weight excluding hydrogens is 250 g/mol. The predicted molar refractivity (Wildman–Crippen MR) is 77.3 cm³/mol. The minimum Gasteiger partial charge on any atom is -0.346 e. The fourth-order valence-corrected chi connectivity index (χ4v) is 2.68. The van der Waals surface area contributed by atoms with Crippen LogP contribution in [0.15, 0.2) is 42.5 Å². The Morgan fingerprint density at radius 2 is 2.05 bits per heavy atom. The van der Waals surface area contributed by atoms with E-state index in [4.69, 9.17) is 5.73 Å². The number of aryl methyl sites for hydroxylation is 1. The van der Waals surface area contributed by atoms with Crippen LogP contribution >= 0.6 is 0 Å². The molecule has 0 saturated carbocycles. The average Bonchev–Trinajstić information content (AvgIpc) is 2.76. The van der Waals surface area contributed by atoms with Crippen LogP contribution in [0.3, 0.4) is 0 Å². The maximum atomic E-state index is 12.2. The minimum atomic E-state index is -0.165. The first-order valence-corrected chi connectivity index (χ1v) is 6.73. The zero-order chi connectivity index (χ0) is 14.1. The van der Waals surface area contributed by atoms with Crippen molar-refractivity contribution < 1.29 is 4.79 Å². The Kier molecular flexibility index (Phi) is 3.24. The molecule has 0 aliphatic heterocycles. The Bertz CT molecular complexity index is 654. The van der Waals surface area contributed by atoms with Crippen molar-refractivity contribution in [2.24, 2.45) is 5.73 Å². The Morgan fingerprint density at radius 3 is 2.80 bits per heavy atom. The number of pyridine rings is 1. The smallest absolute Gasteiger partial charge is 0.270 e. The molecule has 0 unspecified atom stereocenters. The summed E-state index contributed by atoms with van der Waals surface area (Å²) in [6.45, 7) is 1.87. The topological polar surface area (TPSA) is 68.0 Å². The molecule has 1 aliphatic rings. The van der Waals surface area contributed by atoms with E-state index in [1.54, 1.807) is 6.07 Å². The number of carbonyl (C=O) groups excluding carboxylic acids is 1. The lowest BCUT2D eigenvalue weighted by Crippen LogP contribution is -2.41. The van der Waals surface area contributed by atoms with Gasteiger partial charge in [0, 0.05) is 5.69 Å². The second kappa shape index (κ2) is 5.06. The summed E-state index contributed by atoms with van der Waals surface area (Å²) in [6, 6.07) is 13.3. The summed E-state index contributed by atoms with van der Waals surface area (Å²) in [5, 5.41) is 2.99. The van der Waals surface area contributed by atoms with Gasteiger partial charge in [0.2, 0.25) is 0 Å². The van der Waals surface area contributed by atoms with E-state index in [0.717, 1.165) is 17.7 Å². The molecule has 1 heterocycles. The van der Waals surface area contributed by atoms with Crippen molar-refractivity contribution in [3.8, 4) is 0 Å². The van der Waals surface area contributed by atoms with Gasteiger partial charge in [-0.2, -0.15) is 0 Å². The van der Waals surface area contributed by atoms with Gasteiger partial charge in [-0.15, -0.1) is 0 Å². The molecule has 4 nitrogen and oxygen atoms in total. The van der Waals surface area contributed by atoms with Gasteiger partial charge >= 0.3 is 0 Å². The monoisotopic (exact) mass is 267 g/mol. The van der Waals surface area contributed by atoms with Crippen molar-refractivity contribution in [3.63, 3.8) is 0 Å². The van der Waals surface area contributed by atoms with E-state index in [1.807, 2.05) is 37.3 Å². The third-order valence-electron chi connectivity index (χ3n) is 3.72. The number of amides is 1. The number of aromatic nitrogens is 1. The quantitative estimate of drug-likeness (QED) is 0.871. The Hall–Kier alpha value is -2.20. The van der Waals surface area contributed by atoms with E-state index in [0.29, 0.717) is 5.69 Å². The van der Waals surface area contributed by atoms with Crippen LogP contribution in [-0.2, 0) is 6.42 Å². The van der Waals surface area contributed by atoms with Crippen LogP contribution in [-0.4, -0.2) is 16.9 Å². The van der Waals surface area contributed by atoms with Crippen LogP contribution in [0.1, 0.15) is 33.4 Å². The van der Waals surface area contributed by atoms with Gasteiger partial charge in [0.25, 0.3) is 5.91 Å². The van der Waals surface area contributed by atoms with E-state index >= 15 is 0 Å². The molecule has 1 aromatic carbocycles. The minimum absolute atomic E-state index is 0.0674. The van der Waals surface area contributed by atoms with Crippen molar-refractivity contribution in [1.82, 2.24) is 10.3 Å². The summed E-state index contributed by atoms with van der Waals surface area (Å²) in [4.78, 5) is 16.5. The lowest BCUT2D eigenvalue weighted by atomic mass is 10.1. The van der Waals surface area contributed by atoms with E-state index < -0.39 is 0 Å². The van der Waals surface area contributed by atoms with E-state index in [1.165, 1.54) is 5.56 Å². The number of rotatable bonds is 2. The van der Waals surface area contributed by atoms with Gasteiger partial charge in [0.05, 0.1) is 12.1 Å². The highest BCUT2D eigenvalue weighted by Crippen LogP contribution is 2.29. The maximum Gasteiger partial charge on any atom is 0.270 e. The van der Waals surface area contributed by atoms with Crippen LogP contribution in [0.2, 0.25) is 0 Å². The van der Waals surface area contributed by atoms with Gasteiger partial charge in [-0.05, 0) is 36.6 Å². The lowest BCUT2D eigenvalue weighted by molar-refractivity contribution is 0.0928. The van der Waals surface area contributed by atoms with Crippen molar-refractivity contribution in [3.05, 3.63) is 65.0 Å². The molecule has 2 aromatic rings. The number of hydrogen-bond acceptors (Lipinski definition) is 3. The highest BCUT2D eigenvalue weighted by Gasteiger charge is 2.30. The third-order valence-corrected chi connectivity index (χ3v) is 3.72. The van der Waals surface area contributed by atoms with E-state index in [2.05, 4.69) is 16.4 Å². The summed E-state index contributed by atoms with van der Waals surface area (Å²) in [6.07, 6.45) is 0.773. The van der Waals surface area contributed by atoms with E-state index in [9.17, 15) is 4.79 Å².